The Morgan fingerprint density at radius 3 is 2.56 bits per heavy atom. The molecule has 0 aromatic carbocycles. The van der Waals surface area contributed by atoms with Gasteiger partial charge in [0.2, 0.25) is 0 Å². The van der Waals surface area contributed by atoms with E-state index in [1.165, 1.54) is 45.2 Å². The van der Waals surface area contributed by atoms with E-state index < -0.39 is 0 Å². The van der Waals surface area contributed by atoms with Gasteiger partial charge in [-0.2, -0.15) is 0 Å². The van der Waals surface area contributed by atoms with Crippen molar-refractivity contribution in [1.29, 1.82) is 0 Å². The van der Waals surface area contributed by atoms with E-state index in [-0.39, 0.29) is 0 Å². The van der Waals surface area contributed by atoms with Crippen molar-refractivity contribution in [2.45, 2.75) is 44.7 Å². The molecular weight excluding hydrogens is 350 g/mol. The quantitative estimate of drug-likeness (QED) is 0.724. The number of rotatable bonds is 3. The van der Waals surface area contributed by atoms with E-state index in [2.05, 4.69) is 49.9 Å². The van der Waals surface area contributed by atoms with Crippen LogP contribution in [0.3, 0.4) is 0 Å². The largest absolute Gasteiger partial charge is 0.298 e. The van der Waals surface area contributed by atoms with E-state index in [0.717, 1.165) is 12.6 Å². The Balaban J connectivity index is 1.95. The molecule has 0 bridgehead atoms. The minimum Gasteiger partial charge on any atom is -0.298 e. The van der Waals surface area contributed by atoms with E-state index >= 15 is 0 Å². The molecule has 16 heavy (non-hydrogen) atoms. The van der Waals surface area contributed by atoms with Gasteiger partial charge in [0, 0.05) is 21.9 Å². The van der Waals surface area contributed by atoms with E-state index in [0.29, 0.717) is 0 Å². The molecule has 90 valence electrons. The summed E-state index contributed by atoms with van der Waals surface area (Å²) < 4.78 is 2.46. The Hall–Kier alpha value is 0.620. The monoisotopic (exact) mass is 365 g/mol. The second-order valence-electron chi connectivity index (χ2n) is 4.53. The van der Waals surface area contributed by atoms with Crippen LogP contribution < -0.4 is 0 Å². The first-order valence-electron chi connectivity index (χ1n) is 5.81. The fourth-order valence-electron chi connectivity index (χ4n) is 2.36. The minimum absolute atomic E-state index is 0.793. The van der Waals surface area contributed by atoms with Crippen molar-refractivity contribution in [2.24, 2.45) is 0 Å². The maximum absolute atomic E-state index is 3.62. The van der Waals surface area contributed by atoms with Crippen molar-refractivity contribution in [2.75, 3.05) is 7.05 Å². The smallest absolute Gasteiger partial charge is 0.0713 e. The van der Waals surface area contributed by atoms with Crippen LogP contribution in [0.4, 0.5) is 0 Å². The SMILES string of the molecule is CN(Cc1sc(Br)cc1Br)C1CCCCC1. The van der Waals surface area contributed by atoms with Crippen LogP contribution in [0.15, 0.2) is 14.3 Å². The summed E-state index contributed by atoms with van der Waals surface area (Å²) in [6.45, 7) is 1.07. The summed E-state index contributed by atoms with van der Waals surface area (Å²) in [5, 5.41) is 0. The van der Waals surface area contributed by atoms with Crippen molar-refractivity contribution in [3.05, 3.63) is 19.2 Å². The highest BCUT2D eigenvalue weighted by molar-refractivity contribution is 9.11. The number of halogens is 2. The first-order chi connectivity index (χ1) is 7.66. The summed E-state index contributed by atoms with van der Waals surface area (Å²) in [5.74, 6) is 0. The molecule has 0 saturated heterocycles. The maximum atomic E-state index is 3.62. The van der Waals surface area contributed by atoms with Crippen LogP contribution in [0.2, 0.25) is 0 Å². The number of hydrogen-bond acceptors (Lipinski definition) is 2. The average Bonchev–Trinajstić information content (AvgIpc) is 2.59. The lowest BCUT2D eigenvalue weighted by atomic mass is 9.94. The van der Waals surface area contributed by atoms with Gasteiger partial charge in [0.25, 0.3) is 0 Å². The van der Waals surface area contributed by atoms with Gasteiger partial charge in [-0.3, -0.25) is 4.90 Å². The van der Waals surface area contributed by atoms with Gasteiger partial charge in [-0.15, -0.1) is 11.3 Å². The normalized spacial score (nSPS) is 18.2. The zero-order valence-corrected chi connectivity index (χ0v) is 13.5. The lowest BCUT2D eigenvalue weighted by Gasteiger charge is -2.30. The van der Waals surface area contributed by atoms with E-state index in [1.54, 1.807) is 0 Å². The predicted octanol–water partition coefficient (Wildman–Crippen LogP) is 5.04. The van der Waals surface area contributed by atoms with Crippen LogP contribution in [-0.4, -0.2) is 18.0 Å². The molecule has 1 saturated carbocycles. The van der Waals surface area contributed by atoms with E-state index in [1.807, 2.05) is 11.3 Å². The van der Waals surface area contributed by atoms with Crippen molar-refractivity contribution in [3.63, 3.8) is 0 Å². The molecule has 1 nitrogen and oxygen atoms in total. The molecule has 4 heteroatoms. The third-order valence-electron chi connectivity index (χ3n) is 3.32. The summed E-state index contributed by atoms with van der Waals surface area (Å²) >= 11 is 9.00. The van der Waals surface area contributed by atoms with Gasteiger partial charge in [-0.1, -0.05) is 19.3 Å². The molecule has 1 fully saturated rings. The van der Waals surface area contributed by atoms with Crippen LogP contribution in [0, 0.1) is 0 Å². The van der Waals surface area contributed by atoms with Gasteiger partial charge in [0.05, 0.1) is 3.79 Å². The van der Waals surface area contributed by atoms with E-state index in [9.17, 15) is 0 Å². The first kappa shape index (κ1) is 13.1. The molecule has 0 amide bonds. The topological polar surface area (TPSA) is 3.24 Å². The molecule has 0 N–H and O–H groups in total. The predicted molar refractivity (Wildman–Crippen MR) is 78.1 cm³/mol. The highest BCUT2D eigenvalue weighted by Gasteiger charge is 2.19. The molecule has 1 aliphatic carbocycles. The Morgan fingerprint density at radius 1 is 1.31 bits per heavy atom. The van der Waals surface area contributed by atoms with Gasteiger partial charge < -0.3 is 0 Å². The number of hydrogen-bond donors (Lipinski definition) is 0. The fraction of sp³-hybridized carbons (Fsp3) is 0.667. The second-order valence-corrected chi connectivity index (χ2v) is 7.90. The summed E-state index contributed by atoms with van der Waals surface area (Å²) in [6.07, 6.45) is 6.99. The summed E-state index contributed by atoms with van der Waals surface area (Å²) in [5.41, 5.74) is 0. The molecule has 1 aliphatic rings. The fourth-order valence-corrected chi connectivity index (χ4v) is 5.07. The lowest BCUT2D eigenvalue weighted by molar-refractivity contribution is 0.186. The van der Waals surface area contributed by atoms with Gasteiger partial charge >= 0.3 is 0 Å². The van der Waals surface area contributed by atoms with Crippen molar-refractivity contribution in [1.82, 2.24) is 4.90 Å². The van der Waals surface area contributed by atoms with Crippen molar-refractivity contribution < 1.29 is 0 Å². The van der Waals surface area contributed by atoms with Crippen molar-refractivity contribution in [3.8, 4) is 0 Å². The zero-order chi connectivity index (χ0) is 11.5. The van der Waals surface area contributed by atoms with Gasteiger partial charge in [0.15, 0.2) is 0 Å². The lowest BCUT2D eigenvalue weighted by Crippen LogP contribution is -2.32. The number of thiophene rings is 1. The molecular formula is C12H17Br2NS. The molecule has 0 radical (unpaired) electrons. The minimum atomic E-state index is 0.793. The van der Waals surface area contributed by atoms with Crippen molar-refractivity contribution >= 4 is 43.2 Å². The first-order valence-corrected chi connectivity index (χ1v) is 8.21. The van der Waals surface area contributed by atoms with Gasteiger partial charge in [-0.25, -0.2) is 0 Å². The van der Waals surface area contributed by atoms with Crippen LogP contribution in [0.5, 0.6) is 0 Å². The Bertz CT molecular complexity index is 345. The summed E-state index contributed by atoms with van der Waals surface area (Å²) in [7, 11) is 2.26. The van der Waals surface area contributed by atoms with Gasteiger partial charge in [0.1, 0.15) is 0 Å². The maximum Gasteiger partial charge on any atom is 0.0713 e. The highest BCUT2D eigenvalue weighted by atomic mass is 79.9. The molecule has 1 aromatic rings. The summed E-state index contributed by atoms with van der Waals surface area (Å²) in [6, 6.07) is 2.94. The average molecular weight is 367 g/mol. The zero-order valence-electron chi connectivity index (χ0n) is 9.51. The second kappa shape index (κ2) is 5.98. The van der Waals surface area contributed by atoms with Crippen LogP contribution >= 0.6 is 43.2 Å². The Morgan fingerprint density at radius 2 is 2.00 bits per heavy atom. The Kier molecular flexibility index (Phi) is 4.89. The highest BCUT2D eigenvalue weighted by Crippen LogP contribution is 2.33. The van der Waals surface area contributed by atoms with Gasteiger partial charge in [-0.05, 0) is 57.8 Å². The molecule has 1 aromatic heterocycles. The molecule has 0 aliphatic heterocycles. The summed E-state index contributed by atoms with van der Waals surface area (Å²) in [4.78, 5) is 3.95. The third-order valence-corrected chi connectivity index (χ3v) is 5.91. The molecule has 0 unspecified atom stereocenters. The number of nitrogens with zero attached hydrogens (tertiary/aromatic N) is 1. The van der Waals surface area contributed by atoms with Crippen LogP contribution in [0.1, 0.15) is 37.0 Å². The molecule has 2 rings (SSSR count). The molecule has 0 atom stereocenters. The molecule has 1 heterocycles. The van der Waals surface area contributed by atoms with E-state index in [4.69, 9.17) is 0 Å². The Labute approximate surface area is 118 Å². The van der Waals surface area contributed by atoms with Crippen LogP contribution in [0.25, 0.3) is 0 Å². The third kappa shape index (κ3) is 3.31. The molecule has 0 spiro atoms. The van der Waals surface area contributed by atoms with Crippen LogP contribution in [-0.2, 0) is 6.54 Å². The standard InChI is InChI=1S/C12H17Br2NS/c1-15(9-5-3-2-4-6-9)8-11-10(13)7-12(14)16-11/h7,9H,2-6,8H2,1H3.